The van der Waals surface area contributed by atoms with Crippen molar-refractivity contribution in [1.82, 2.24) is 10.6 Å². The minimum absolute atomic E-state index is 0.0182. The second-order valence-electron chi connectivity index (χ2n) is 5.18. The molecule has 0 atom stereocenters. The predicted octanol–water partition coefficient (Wildman–Crippen LogP) is 2.68. The summed E-state index contributed by atoms with van der Waals surface area (Å²) in [5, 5.41) is 7.14. The van der Waals surface area contributed by atoms with E-state index in [0.29, 0.717) is 18.2 Å². The molecule has 1 aromatic carbocycles. The Bertz CT molecular complexity index is 427. The van der Waals surface area contributed by atoms with Crippen molar-refractivity contribution >= 4 is 17.6 Å². The predicted molar refractivity (Wildman–Crippen MR) is 81.2 cm³/mol. The molecule has 0 heterocycles. The SMILES string of the molecule is CN=C(NCCOc1cccc(Cl)c1)NC(C)(C)C. The Kier molecular flexibility index (Phi) is 5.96. The normalized spacial score (nSPS) is 12.2. The summed E-state index contributed by atoms with van der Waals surface area (Å²) in [5.74, 6) is 1.54. The zero-order chi connectivity index (χ0) is 14.3. The summed E-state index contributed by atoms with van der Waals surface area (Å²) in [5.41, 5.74) is -0.0182. The molecule has 0 spiro atoms. The Balaban J connectivity index is 2.30. The molecule has 4 nitrogen and oxygen atoms in total. The lowest BCUT2D eigenvalue weighted by molar-refractivity contribution is 0.321. The first kappa shape index (κ1) is 15.6. The van der Waals surface area contributed by atoms with Crippen molar-refractivity contribution in [2.75, 3.05) is 20.2 Å². The lowest BCUT2D eigenvalue weighted by Crippen LogP contribution is -2.48. The van der Waals surface area contributed by atoms with Crippen LogP contribution in [0.5, 0.6) is 5.75 Å². The highest BCUT2D eigenvalue weighted by Crippen LogP contribution is 2.16. The molecule has 0 aliphatic carbocycles. The molecule has 1 aromatic rings. The van der Waals surface area contributed by atoms with Crippen molar-refractivity contribution in [2.45, 2.75) is 26.3 Å². The van der Waals surface area contributed by atoms with Crippen LogP contribution in [0.25, 0.3) is 0 Å². The third kappa shape index (κ3) is 6.91. The molecule has 0 saturated carbocycles. The van der Waals surface area contributed by atoms with Gasteiger partial charge in [0, 0.05) is 17.6 Å². The van der Waals surface area contributed by atoms with Gasteiger partial charge in [-0.15, -0.1) is 0 Å². The number of hydrogen-bond donors (Lipinski definition) is 2. The summed E-state index contributed by atoms with van der Waals surface area (Å²) < 4.78 is 5.58. The number of rotatable bonds is 4. The summed E-state index contributed by atoms with van der Waals surface area (Å²) >= 11 is 5.88. The Morgan fingerprint density at radius 1 is 1.37 bits per heavy atom. The highest BCUT2D eigenvalue weighted by atomic mass is 35.5. The van der Waals surface area contributed by atoms with Gasteiger partial charge in [-0.05, 0) is 39.0 Å². The zero-order valence-electron chi connectivity index (χ0n) is 12.0. The van der Waals surface area contributed by atoms with E-state index in [0.717, 1.165) is 11.7 Å². The number of nitrogens with one attached hydrogen (secondary N) is 2. The van der Waals surface area contributed by atoms with Crippen molar-refractivity contribution in [3.8, 4) is 5.75 Å². The van der Waals surface area contributed by atoms with E-state index in [-0.39, 0.29) is 5.54 Å². The van der Waals surface area contributed by atoms with E-state index >= 15 is 0 Å². The Morgan fingerprint density at radius 3 is 2.68 bits per heavy atom. The third-order valence-electron chi connectivity index (χ3n) is 2.18. The minimum atomic E-state index is -0.0182. The van der Waals surface area contributed by atoms with Gasteiger partial charge in [0.2, 0.25) is 0 Å². The molecule has 2 N–H and O–H groups in total. The Labute approximate surface area is 120 Å². The van der Waals surface area contributed by atoms with E-state index in [9.17, 15) is 0 Å². The lowest BCUT2D eigenvalue weighted by atomic mass is 10.1. The van der Waals surface area contributed by atoms with E-state index in [1.165, 1.54) is 0 Å². The van der Waals surface area contributed by atoms with Gasteiger partial charge in [-0.2, -0.15) is 0 Å². The second kappa shape index (κ2) is 7.24. The summed E-state index contributed by atoms with van der Waals surface area (Å²) in [4.78, 5) is 4.15. The van der Waals surface area contributed by atoms with E-state index in [1.54, 1.807) is 13.1 Å². The standard InChI is InChI=1S/C14H22ClN3O/c1-14(2,3)18-13(16-4)17-8-9-19-12-7-5-6-11(15)10-12/h5-7,10H,8-9H2,1-4H3,(H2,16,17,18). The van der Waals surface area contributed by atoms with Crippen LogP contribution in [0.3, 0.4) is 0 Å². The summed E-state index contributed by atoms with van der Waals surface area (Å²) in [7, 11) is 1.75. The van der Waals surface area contributed by atoms with Gasteiger partial charge in [-0.1, -0.05) is 17.7 Å². The number of ether oxygens (including phenoxy) is 1. The van der Waals surface area contributed by atoms with Crippen LogP contribution >= 0.6 is 11.6 Å². The first-order valence-electron chi connectivity index (χ1n) is 6.28. The van der Waals surface area contributed by atoms with Crippen molar-refractivity contribution in [1.29, 1.82) is 0 Å². The first-order valence-corrected chi connectivity index (χ1v) is 6.66. The van der Waals surface area contributed by atoms with Crippen LogP contribution in [0.2, 0.25) is 5.02 Å². The monoisotopic (exact) mass is 283 g/mol. The molecule has 0 fully saturated rings. The first-order chi connectivity index (χ1) is 8.90. The number of halogens is 1. The van der Waals surface area contributed by atoms with Gasteiger partial charge in [0.15, 0.2) is 5.96 Å². The van der Waals surface area contributed by atoms with E-state index in [1.807, 2.05) is 18.2 Å². The molecule has 1 rings (SSSR count). The van der Waals surface area contributed by atoms with Gasteiger partial charge in [-0.3, -0.25) is 4.99 Å². The molecule has 19 heavy (non-hydrogen) atoms. The number of hydrogen-bond acceptors (Lipinski definition) is 2. The molecular weight excluding hydrogens is 262 g/mol. The zero-order valence-corrected chi connectivity index (χ0v) is 12.7. The van der Waals surface area contributed by atoms with Crippen LogP contribution in [0.15, 0.2) is 29.3 Å². The van der Waals surface area contributed by atoms with Gasteiger partial charge in [0.25, 0.3) is 0 Å². The molecule has 0 radical (unpaired) electrons. The maximum atomic E-state index is 5.88. The van der Waals surface area contributed by atoms with Crippen LogP contribution < -0.4 is 15.4 Å². The molecule has 5 heteroatoms. The van der Waals surface area contributed by atoms with Gasteiger partial charge >= 0.3 is 0 Å². The number of benzene rings is 1. The Morgan fingerprint density at radius 2 is 2.11 bits per heavy atom. The summed E-state index contributed by atoms with van der Waals surface area (Å²) in [6.45, 7) is 7.47. The van der Waals surface area contributed by atoms with Gasteiger partial charge in [0.05, 0.1) is 6.54 Å². The van der Waals surface area contributed by atoms with Crippen LogP contribution in [0, 0.1) is 0 Å². The highest BCUT2D eigenvalue weighted by molar-refractivity contribution is 6.30. The minimum Gasteiger partial charge on any atom is -0.492 e. The van der Waals surface area contributed by atoms with E-state index in [4.69, 9.17) is 16.3 Å². The maximum Gasteiger partial charge on any atom is 0.191 e. The van der Waals surface area contributed by atoms with E-state index < -0.39 is 0 Å². The largest absolute Gasteiger partial charge is 0.492 e. The van der Waals surface area contributed by atoms with Crippen LogP contribution in [0.4, 0.5) is 0 Å². The van der Waals surface area contributed by atoms with Gasteiger partial charge < -0.3 is 15.4 Å². The molecule has 0 saturated heterocycles. The molecular formula is C14H22ClN3O. The van der Waals surface area contributed by atoms with Crippen molar-refractivity contribution in [2.24, 2.45) is 4.99 Å². The third-order valence-corrected chi connectivity index (χ3v) is 2.41. The fourth-order valence-corrected chi connectivity index (χ4v) is 1.61. The smallest absolute Gasteiger partial charge is 0.191 e. The number of nitrogens with zero attached hydrogens (tertiary/aromatic N) is 1. The molecule has 0 aliphatic rings. The molecule has 0 bridgehead atoms. The maximum absolute atomic E-state index is 5.88. The fraction of sp³-hybridized carbons (Fsp3) is 0.500. The van der Waals surface area contributed by atoms with Crippen LogP contribution in [-0.2, 0) is 0 Å². The number of aliphatic imine (C=N–C) groups is 1. The van der Waals surface area contributed by atoms with Crippen molar-refractivity contribution in [3.05, 3.63) is 29.3 Å². The average molecular weight is 284 g/mol. The molecule has 106 valence electrons. The van der Waals surface area contributed by atoms with Crippen molar-refractivity contribution in [3.63, 3.8) is 0 Å². The quantitative estimate of drug-likeness (QED) is 0.507. The van der Waals surface area contributed by atoms with Crippen LogP contribution in [-0.4, -0.2) is 31.7 Å². The molecule has 0 aromatic heterocycles. The molecule has 0 aliphatic heterocycles. The Hall–Kier alpha value is -1.42. The lowest BCUT2D eigenvalue weighted by Gasteiger charge is -2.23. The molecule has 0 amide bonds. The van der Waals surface area contributed by atoms with E-state index in [2.05, 4.69) is 36.4 Å². The second-order valence-corrected chi connectivity index (χ2v) is 5.62. The number of guanidine groups is 1. The van der Waals surface area contributed by atoms with Crippen molar-refractivity contribution < 1.29 is 4.74 Å². The van der Waals surface area contributed by atoms with Gasteiger partial charge in [-0.25, -0.2) is 0 Å². The fourth-order valence-electron chi connectivity index (χ4n) is 1.43. The van der Waals surface area contributed by atoms with Gasteiger partial charge in [0.1, 0.15) is 12.4 Å². The van der Waals surface area contributed by atoms with Crippen LogP contribution in [0.1, 0.15) is 20.8 Å². The topological polar surface area (TPSA) is 45.7 Å². The summed E-state index contributed by atoms with van der Waals surface area (Å²) in [6.07, 6.45) is 0. The summed E-state index contributed by atoms with van der Waals surface area (Å²) in [6, 6.07) is 7.37. The highest BCUT2D eigenvalue weighted by Gasteiger charge is 2.11. The molecule has 0 unspecified atom stereocenters. The average Bonchev–Trinajstić information content (AvgIpc) is 2.31.